The molecule has 7 heteroatoms. The van der Waals surface area contributed by atoms with Crippen LogP contribution < -0.4 is 11.1 Å². The fraction of sp³-hybridized carbons (Fsp3) is 0.909. The van der Waals surface area contributed by atoms with Crippen LogP contribution in [0.25, 0.3) is 0 Å². The Hall–Kier alpha value is -0.660. The number of nitrogens with zero attached hydrogens (tertiary/aromatic N) is 1. The van der Waals surface area contributed by atoms with Crippen LogP contribution in [0, 0.1) is 0 Å². The minimum atomic E-state index is -3.14. The molecule has 0 aromatic carbocycles. The van der Waals surface area contributed by atoms with Crippen molar-refractivity contribution in [1.82, 2.24) is 9.62 Å². The van der Waals surface area contributed by atoms with Crippen LogP contribution in [-0.4, -0.2) is 50.6 Å². The van der Waals surface area contributed by atoms with Crippen molar-refractivity contribution in [2.24, 2.45) is 5.73 Å². The Morgan fingerprint density at radius 3 is 2.44 bits per heavy atom. The van der Waals surface area contributed by atoms with Crippen LogP contribution in [-0.2, 0) is 14.8 Å². The van der Waals surface area contributed by atoms with Crippen molar-refractivity contribution in [2.45, 2.75) is 39.2 Å². The first-order valence-corrected chi connectivity index (χ1v) is 8.13. The molecule has 18 heavy (non-hydrogen) atoms. The van der Waals surface area contributed by atoms with Crippen molar-refractivity contribution in [1.29, 1.82) is 0 Å². The van der Waals surface area contributed by atoms with E-state index in [0.717, 1.165) is 6.42 Å². The average Bonchev–Trinajstić information content (AvgIpc) is 2.27. The summed E-state index contributed by atoms with van der Waals surface area (Å²) in [5, 5.41) is 2.74. The van der Waals surface area contributed by atoms with E-state index in [1.54, 1.807) is 6.92 Å². The Balaban J connectivity index is 3.83. The summed E-state index contributed by atoms with van der Waals surface area (Å²) in [4.78, 5) is 11.4. The summed E-state index contributed by atoms with van der Waals surface area (Å²) in [5.74, 6) is -0.0771. The zero-order valence-electron chi connectivity index (χ0n) is 11.5. The molecule has 1 unspecified atom stereocenters. The van der Waals surface area contributed by atoms with Gasteiger partial charge in [-0.15, -0.1) is 0 Å². The van der Waals surface area contributed by atoms with E-state index in [0.29, 0.717) is 32.5 Å². The van der Waals surface area contributed by atoms with E-state index in [9.17, 15) is 13.2 Å². The topological polar surface area (TPSA) is 92.5 Å². The molecule has 0 radical (unpaired) electrons. The summed E-state index contributed by atoms with van der Waals surface area (Å²) in [7, 11) is -3.14. The van der Waals surface area contributed by atoms with Crippen LogP contribution in [0.4, 0.5) is 0 Å². The molecule has 1 amide bonds. The maximum absolute atomic E-state index is 11.4. The second kappa shape index (κ2) is 8.44. The second-order valence-electron chi connectivity index (χ2n) is 4.33. The van der Waals surface area contributed by atoms with E-state index < -0.39 is 10.0 Å². The predicted octanol–water partition coefficient (Wildman–Crippen LogP) is -0.0984. The molecule has 0 aromatic rings. The highest BCUT2D eigenvalue weighted by atomic mass is 32.2. The summed E-state index contributed by atoms with van der Waals surface area (Å²) in [6.07, 6.45) is 2.88. The summed E-state index contributed by atoms with van der Waals surface area (Å²) in [6, 6.07) is -0.104. The van der Waals surface area contributed by atoms with Gasteiger partial charge >= 0.3 is 0 Å². The van der Waals surface area contributed by atoms with Crippen LogP contribution in [0.5, 0.6) is 0 Å². The maximum Gasteiger partial charge on any atom is 0.221 e. The number of hydrogen-bond acceptors (Lipinski definition) is 4. The Kier molecular flexibility index (Phi) is 8.13. The lowest BCUT2D eigenvalue weighted by Crippen LogP contribution is -2.35. The van der Waals surface area contributed by atoms with Gasteiger partial charge in [0.25, 0.3) is 0 Å². The molecule has 0 saturated carbocycles. The normalized spacial score (nSPS) is 13.6. The molecule has 0 rings (SSSR count). The van der Waals surface area contributed by atoms with Gasteiger partial charge < -0.3 is 11.1 Å². The number of nitrogens with one attached hydrogen (secondary N) is 1. The van der Waals surface area contributed by atoms with Crippen LogP contribution in [0.3, 0.4) is 0 Å². The molecular weight excluding hydrogens is 254 g/mol. The van der Waals surface area contributed by atoms with Crippen molar-refractivity contribution >= 4 is 15.9 Å². The van der Waals surface area contributed by atoms with E-state index in [1.807, 2.05) is 6.92 Å². The van der Waals surface area contributed by atoms with Gasteiger partial charge in [0.2, 0.25) is 15.9 Å². The van der Waals surface area contributed by atoms with Crippen LogP contribution in [0.2, 0.25) is 0 Å². The molecule has 108 valence electrons. The largest absolute Gasteiger partial charge is 0.356 e. The Bertz CT molecular complexity index is 343. The van der Waals surface area contributed by atoms with Gasteiger partial charge in [0.15, 0.2) is 0 Å². The summed E-state index contributed by atoms with van der Waals surface area (Å²) < 4.78 is 24.0. The molecular formula is C11H25N3O3S. The van der Waals surface area contributed by atoms with Gasteiger partial charge in [-0.25, -0.2) is 12.7 Å². The molecule has 0 aromatic heterocycles. The van der Waals surface area contributed by atoms with Crippen molar-refractivity contribution in [2.75, 3.05) is 25.9 Å². The SMILES string of the molecule is CCC(N)CC(=O)NCCCN(CC)S(C)(=O)=O. The van der Waals surface area contributed by atoms with Crippen LogP contribution in [0.1, 0.15) is 33.1 Å². The smallest absolute Gasteiger partial charge is 0.221 e. The van der Waals surface area contributed by atoms with E-state index >= 15 is 0 Å². The van der Waals surface area contributed by atoms with Gasteiger partial charge in [0, 0.05) is 32.1 Å². The molecule has 0 fully saturated rings. The zero-order chi connectivity index (χ0) is 14.2. The van der Waals surface area contributed by atoms with Crippen LogP contribution in [0.15, 0.2) is 0 Å². The minimum Gasteiger partial charge on any atom is -0.356 e. The number of rotatable bonds is 9. The Morgan fingerprint density at radius 1 is 1.39 bits per heavy atom. The lowest BCUT2D eigenvalue weighted by atomic mass is 10.1. The first kappa shape index (κ1) is 17.3. The highest BCUT2D eigenvalue weighted by molar-refractivity contribution is 7.88. The molecule has 0 aliphatic rings. The first-order valence-electron chi connectivity index (χ1n) is 6.28. The summed E-state index contributed by atoms with van der Waals surface area (Å²) >= 11 is 0. The molecule has 0 aliphatic carbocycles. The predicted molar refractivity (Wildman–Crippen MR) is 72.6 cm³/mol. The highest BCUT2D eigenvalue weighted by Crippen LogP contribution is 1.98. The van der Waals surface area contributed by atoms with E-state index in [-0.39, 0.29) is 11.9 Å². The standard InChI is InChI=1S/C11H25N3O3S/c1-4-10(12)9-11(15)13-7-6-8-14(5-2)18(3,16)17/h10H,4-9,12H2,1-3H3,(H,13,15). The van der Waals surface area contributed by atoms with Crippen molar-refractivity contribution in [3.05, 3.63) is 0 Å². The molecule has 0 aliphatic heterocycles. The Morgan fingerprint density at radius 2 is 2.00 bits per heavy atom. The number of carbonyl (C=O) groups excluding carboxylic acids is 1. The van der Waals surface area contributed by atoms with Crippen molar-refractivity contribution in [3.63, 3.8) is 0 Å². The molecule has 1 atom stereocenters. The van der Waals surface area contributed by atoms with E-state index in [1.165, 1.54) is 10.6 Å². The Labute approximate surface area is 110 Å². The minimum absolute atomic E-state index is 0.0771. The zero-order valence-corrected chi connectivity index (χ0v) is 12.3. The molecule has 0 heterocycles. The summed E-state index contributed by atoms with van der Waals surface area (Å²) in [6.45, 7) is 5.08. The number of amides is 1. The third-order valence-electron chi connectivity index (χ3n) is 2.70. The third-order valence-corrected chi connectivity index (χ3v) is 4.08. The fourth-order valence-corrected chi connectivity index (χ4v) is 2.43. The number of hydrogen-bond donors (Lipinski definition) is 2. The maximum atomic E-state index is 11.4. The monoisotopic (exact) mass is 279 g/mol. The van der Waals surface area contributed by atoms with Gasteiger partial charge in [0.05, 0.1) is 6.26 Å². The number of sulfonamides is 1. The first-order chi connectivity index (χ1) is 8.31. The fourth-order valence-electron chi connectivity index (χ4n) is 1.50. The molecule has 3 N–H and O–H groups in total. The second-order valence-corrected chi connectivity index (χ2v) is 6.31. The molecule has 0 saturated heterocycles. The van der Waals surface area contributed by atoms with Gasteiger partial charge in [-0.2, -0.15) is 0 Å². The lowest BCUT2D eigenvalue weighted by Gasteiger charge is -2.17. The van der Waals surface area contributed by atoms with Gasteiger partial charge in [-0.3, -0.25) is 4.79 Å². The third kappa shape index (κ3) is 7.62. The average molecular weight is 279 g/mol. The number of carbonyl (C=O) groups is 1. The van der Waals surface area contributed by atoms with E-state index in [2.05, 4.69) is 5.32 Å². The molecule has 0 bridgehead atoms. The van der Waals surface area contributed by atoms with E-state index in [4.69, 9.17) is 5.73 Å². The lowest BCUT2D eigenvalue weighted by molar-refractivity contribution is -0.121. The molecule has 0 spiro atoms. The quantitative estimate of drug-likeness (QED) is 0.577. The summed E-state index contributed by atoms with van der Waals surface area (Å²) in [5.41, 5.74) is 5.66. The van der Waals surface area contributed by atoms with Gasteiger partial charge in [0.1, 0.15) is 0 Å². The van der Waals surface area contributed by atoms with Gasteiger partial charge in [-0.05, 0) is 12.8 Å². The van der Waals surface area contributed by atoms with Crippen molar-refractivity contribution < 1.29 is 13.2 Å². The van der Waals surface area contributed by atoms with Crippen LogP contribution >= 0.6 is 0 Å². The van der Waals surface area contributed by atoms with Gasteiger partial charge in [-0.1, -0.05) is 13.8 Å². The molecule has 6 nitrogen and oxygen atoms in total. The highest BCUT2D eigenvalue weighted by Gasteiger charge is 2.13. The number of nitrogens with two attached hydrogens (primary N) is 1. The van der Waals surface area contributed by atoms with Crippen molar-refractivity contribution in [3.8, 4) is 0 Å².